The molecule has 0 aliphatic heterocycles. The first-order valence-electron chi connectivity index (χ1n) is 10.3. The van der Waals surface area contributed by atoms with Gasteiger partial charge in [0.2, 0.25) is 0 Å². The number of hydrogen-bond acceptors (Lipinski definition) is 5. The molecule has 0 heterocycles. The van der Waals surface area contributed by atoms with Gasteiger partial charge in [0, 0.05) is 5.92 Å². The molecule has 2 aliphatic carbocycles. The van der Waals surface area contributed by atoms with E-state index in [1.807, 2.05) is 0 Å². The first kappa shape index (κ1) is 21.2. The molecule has 2 rings (SSSR count). The SMILES string of the molecule is CCCCCCCC(O)CCC1CC2C(=NOCCC(=O)O)CC2C1O. The van der Waals surface area contributed by atoms with Gasteiger partial charge in [0.05, 0.1) is 24.3 Å². The van der Waals surface area contributed by atoms with Crippen molar-refractivity contribution in [2.45, 2.75) is 89.8 Å². The summed E-state index contributed by atoms with van der Waals surface area (Å²) in [4.78, 5) is 15.5. The molecule has 0 saturated heterocycles. The van der Waals surface area contributed by atoms with E-state index in [-0.39, 0.29) is 43.0 Å². The van der Waals surface area contributed by atoms with E-state index in [9.17, 15) is 15.0 Å². The normalized spacial score (nSPS) is 30.0. The van der Waals surface area contributed by atoms with Gasteiger partial charge in [0.1, 0.15) is 6.61 Å². The number of fused-ring (bicyclic) bond motifs is 1. The van der Waals surface area contributed by atoms with Crippen LogP contribution in [0.25, 0.3) is 0 Å². The van der Waals surface area contributed by atoms with E-state index >= 15 is 0 Å². The summed E-state index contributed by atoms with van der Waals surface area (Å²) in [5, 5.41) is 33.3. The largest absolute Gasteiger partial charge is 0.481 e. The van der Waals surface area contributed by atoms with Crippen molar-refractivity contribution in [3.8, 4) is 0 Å². The van der Waals surface area contributed by atoms with Crippen LogP contribution in [0, 0.1) is 17.8 Å². The maximum atomic E-state index is 10.5. The van der Waals surface area contributed by atoms with Gasteiger partial charge in [-0.2, -0.15) is 0 Å². The molecular formula is C20H35NO5. The summed E-state index contributed by atoms with van der Waals surface area (Å²) >= 11 is 0. The van der Waals surface area contributed by atoms with Crippen molar-refractivity contribution in [3.05, 3.63) is 0 Å². The number of hydrogen-bond donors (Lipinski definition) is 3. The van der Waals surface area contributed by atoms with E-state index in [1.54, 1.807) is 0 Å². The standard InChI is InChI=1S/C20H35NO5/c1-2-3-4-5-6-7-15(22)9-8-14-12-16-17(20(14)25)13-18(16)21-26-11-10-19(23)24/h14-17,20,22,25H,2-13H2,1H3,(H,23,24). The second-order valence-electron chi connectivity index (χ2n) is 7.95. The van der Waals surface area contributed by atoms with Gasteiger partial charge in [-0.15, -0.1) is 0 Å². The zero-order chi connectivity index (χ0) is 18.9. The van der Waals surface area contributed by atoms with Crippen LogP contribution in [-0.4, -0.2) is 45.8 Å². The molecule has 0 aromatic heterocycles. The smallest absolute Gasteiger partial charge is 0.306 e. The number of oxime groups is 1. The predicted molar refractivity (Wildman–Crippen MR) is 100.0 cm³/mol. The predicted octanol–water partition coefficient (Wildman–Crippen LogP) is 3.35. The zero-order valence-electron chi connectivity index (χ0n) is 16.0. The van der Waals surface area contributed by atoms with Crippen LogP contribution in [0.1, 0.15) is 77.6 Å². The highest BCUT2D eigenvalue weighted by molar-refractivity contribution is 5.93. The van der Waals surface area contributed by atoms with Crippen LogP contribution < -0.4 is 0 Å². The Balaban J connectivity index is 1.63. The van der Waals surface area contributed by atoms with Gasteiger partial charge in [-0.3, -0.25) is 4.79 Å². The minimum atomic E-state index is -0.892. The molecule has 2 fully saturated rings. The number of carboxylic acids is 1. The highest BCUT2D eigenvalue weighted by atomic mass is 16.6. The summed E-state index contributed by atoms with van der Waals surface area (Å²) < 4.78 is 0. The van der Waals surface area contributed by atoms with Gasteiger partial charge in [0.15, 0.2) is 0 Å². The molecule has 0 radical (unpaired) electrons. The maximum absolute atomic E-state index is 10.5. The first-order chi connectivity index (χ1) is 12.5. The molecule has 2 aliphatic rings. The third kappa shape index (κ3) is 6.23. The molecule has 6 nitrogen and oxygen atoms in total. The van der Waals surface area contributed by atoms with Crippen molar-refractivity contribution in [1.29, 1.82) is 0 Å². The number of carbonyl (C=O) groups is 1. The van der Waals surface area contributed by atoms with Crippen molar-refractivity contribution in [3.63, 3.8) is 0 Å². The molecule has 150 valence electrons. The minimum absolute atomic E-state index is 0.0491. The van der Waals surface area contributed by atoms with Crippen LogP contribution in [0.2, 0.25) is 0 Å². The summed E-state index contributed by atoms with van der Waals surface area (Å²) in [6.45, 7) is 2.29. The average molecular weight is 370 g/mol. The molecule has 0 bridgehead atoms. The highest BCUT2D eigenvalue weighted by Crippen LogP contribution is 2.49. The molecule has 0 spiro atoms. The Kier molecular flexibility index (Phi) is 8.85. The summed E-state index contributed by atoms with van der Waals surface area (Å²) in [5.41, 5.74) is 0.957. The van der Waals surface area contributed by atoms with Gasteiger partial charge in [-0.25, -0.2) is 0 Å². The average Bonchev–Trinajstić information content (AvgIpc) is 2.83. The molecule has 0 aromatic rings. The van der Waals surface area contributed by atoms with Crippen molar-refractivity contribution < 1.29 is 25.0 Å². The lowest BCUT2D eigenvalue weighted by Gasteiger charge is -2.33. The molecule has 2 saturated carbocycles. The summed E-state index contributed by atoms with van der Waals surface area (Å²) in [7, 11) is 0. The fourth-order valence-corrected chi connectivity index (χ4v) is 4.30. The number of aliphatic carboxylic acids is 1. The molecule has 0 aromatic carbocycles. The maximum Gasteiger partial charge on any atom is 0.306 e. The van der Waals surface area contributed by atoms with E-state index < -0.39 is 5.97 Å². The molecule has 26 heavy (non-hydrogen) atoms. The monoisotopic (exact) mass is 369 g/mol. The van der Waals surface area contributed by atoms with Crippen molar-refractivity contribution >= 4 is 11.7 Å². The molecule has 0 amide bonds. The first-order valence-corrected chi connectivity index (χ1v) is 10.3. The molecular weight excluding hydrogens is 334 g/mol. The summed E-state index contributed by atoms with van der Waals surface area (Å²) in [6, 6.07) is 0. The number of unbranched alkanes of at least 4 members (excludes halogenated alkanes) is 4. The fourth-order valence-electron chi connectivity index (χ4n) is 4.30. The van der Waals surface area contributed by atoms with Gasteiger partial charge in [-0.1, -0.05) is 44.2 Å². The second-order valence-corrected chi connectivity index (χ2v) is 7.95. The topological polar surface area (TPSA) is 99.4 Å². The van der Waals surface area contributed by atoms with E-state index in [0.29, 0.717) is 0 Å². The molecule has 5 unspecified atom stereocenters. The van der Waals surface area contributed by atoms with E-state index in [4.69, 9.17) is 9.94 Å². The fraction of sp³-hybridized carbons (Fsp3) is 0.900. The molecule has 5 atom stereocenters. The van der Waals surface area contributed by atoms with Gasteiger partial charge < -0.3 is 20.2 Å². The number of aliphatic hydroxyl groups excluding tert-OH is 2. The number of aliphatic hydroxyl groups is 2. The Bertz CT molecular complexity index is 467. The van der Waals surface area contributed by atoms with Crippen molar-refractivity contribution in [2.75, 3.05) is 6.61 Å². The van der Waals surface area contributed by atoms with Crippen LogP contribution in [-0.2, 0) is 9.63 Å². The number of carboxylic acid groups (broad SMARTS) is 1. The van der Waals surface area contributed by atoms with Gasteiger partial charge in [-0.05, 0) is 43.9 Å². The highest BCUT2D eigenvalue weighted by Gasteiger charge is 2.51. The van der Waals surface area contributed by atoms with E-state index in [0.717, 1.165) is 44.2 Å². The van der Waals surface area contributed by atoms with E-state index in [1.165, 1.54) is 25.7 Å². The van der Waals surface area contributed by atoms with Crippen LogP contribution in [0.5, 0.6) is 0 Å². The van der Waals surface area contributed by atoms with Gasteiger partial charge >= 0.3 is 5.97 Å². The van der Waals surface area contributed by atoms with Crippen molar-refractivity contribution in [1.82, 2.24) is 0 Å². The summed E-state index contributed by atoms with van der Waals surface area (Å²) in [5.74, 6) is -0.137. The lowest BCUT2D eigenvalue weighted by Crippen LogP contribution is -2.38. The van der Waals surface area contributed by atoms with Crippen LogP contribution in [0.4, 0.5) is 0 Å². The van der Waals surface area contributed by atoms with Crippen LogP contribution in [0.15, 0.2) is 5.16 Å². The van der Waals surface area contributed by atoms with Gasteiger partial charge in [0.25, 0.3) is 0 Å². The minimum Gasteiger partial charge on any atom is -0.481 e. The van der Waals surface area contributed by atoms with E-state index in [2.05, 4.69) is 12.1 Å². The quantitative estimate of drug-likeness (QED) is 0.341. The number of rotatable bonds is 13. The Morgan fingerprint density at radius 1 is 1.27 bits per heavy atom. The third-order valence-corrected chi connectivity index (χ3v) is 5.97. The number of nitrogens with zero attached hydrogens (tertiary/aromatic N) is 1. The third-order valence-electron chi connectivity index (χ3n) is 5.97. The lowest BCUT2D eigenvalue weighted by molar-refractivity contribution is -0.138. The zero-order valence-corrected chi connectivity index (χ0v) is 16.0. The second kappa shape index (κ2) is 10.9. The Labute approximate surface area is 156 Å². The lowest BCUT2D eigenvalue weighted by atomic mass is 9.73. The Morgan fingerprint density at radius 3 is 2.77 bits per heavy atom. The Morgan fingerprint density at radius 2 is 2.04 bits per heavy atom. The Hall–Kier alpha value is -1.14. The summed E-state index contributed by atoms with van der Waals surface area (Å²) in [6.07, 6.45) is 9.56. The van der Waals surface area contributed by atoms with Crippen molar-refractivity contribution in [2.24, 2.45) is 22.9 Å². The van der Waals surface area contributed by atoms with Crippen LogP contribution >= 0.6 is 0 Å². The molecule has 6 heteroatoms. The molecule has 3 N–H and O–H groups in total. The van der Waals surface area contributed by atoms with Crippen LogP contribution in [0.3, 0.4) is 0 Å².